The molecule has 0 unspecified atom stereocenters. The largest absolute Gasteiger partial charge is 0.481 e. The fourth-order valence-electron chi connectivity index (χ4n) is 2.52. The fraction of sp³-hybridized carbons (Fsp3) is 0.190. The van der Waals surface area contributed by atoms with Gasteiger partial charge in [0.15, 0.2) is 6.61 Å². The van der Waals surface area contributed by atoms with Crippen LogP contribution in [0.15, 0.2) is 48.0 Å². The van der Waals surface area contributed by atoms with Crippen LogP contribution in [-0.2, 0) is 14.3 Å². The van der Waals surface area contributed by atoms with Gasteiger partial charge in [-0.05, 0) is 60.9 Å². The van der Waals surface area contributed by atoms with E-state index in [1.165, 1.54) is 13.2 Å². The van der Waals surface area contributed by atoms with Gasteiger partial charge in [0.25, 0.3) is 5.91 Å². The van der Waals surface area contributed by atoms with Crippen molar-refractivity contribution in [3.8, 4) is 11.8 Å². The summed E-state index contributed by atoms with van der Waals surface area (Å²) in [6, 6.07) is 14.4. The van der Waals surface area contributed by atoms with Crippen molar-refractivity contribution < 1.29 is 19.1 Å². The van der Waals surface area contributed by atoms with Gasteiger partial charge in [0.05, 0.1) is 7.11 Å². The van der Waals surface area contributed by atoms with Gasteiger partial charge in [0.1, 0.15) is 17.4 Å². The number of ether oxygens (including phenoxy) is 2. The summed E-state index contributed by atoms with van der Waals surface area (Å²) in [6.45, 7) is 3.47. The maximum absolute atomic E-state index is 12.3. The molecule has 6 nitrogen and oxygen atoms in total. The van der Waals surface area contributed by atoms with E-state index in [9.17, 15) is 14.9 Å². The molecule has 0 saturated carbocycles. The summed E-state index contributed by atoms with van der Waals surface area (Å²) < 4.78 is 10.1. The summed E-state index contributed by atoms with van der Waals surface area (Å²) >= 11 is 0. The number of esters is 1. The van der Waals surface area contributed by atoms with E-state index >= 15 is 0 Å². The average molecular weight is 364 g/mol. The summed E-state index contributed by atoms with van der Waals surface area (Å²) in [5, 5.41) is 12.0. The lowest BCUT2D eigenvalue weighted by Gasteiger charge is -2.12. The van der Waals surface area contributed by atoms with Crippen LogP contribution in [0.4, 0.5) is 5.69 Å². The van der Waals surface area contributed by atoms with Gasteiger partial charge in [-0.25, -0.2) is 4.79 Å². The zero-order chi connectivity index (χ0) is 19.8. The third kappa shape index (κ3) is 5.44. The van der Waals surface area contributed by atoms with E-state index in [0.29, 0.717) is 17.0 Å². The number of carbonyl (C=O) groups is 2. The smallest absolute Gasteiger partial charge is 0.343 e. The number of benzene rings is 2. The van der Waals surface area contributed by atoms with Gasteiger partial charge in [0.2, 0.25) is 0 Å². The Labute approximate surface area is 158 Å². The molecule has 0 atom stereocenters. The Kier molecular flexibility index (Phi) is 6.73. The van der Waals surface area contributed by atoms with Crippen LogP contribution in [0.25, 0.3) is 6.08 Å². The van der Waals surface area contributed by atoms with Crippen LogP contribution in [0.5, 0.6) is 5.75 Å². The first-order chi connectivity index (χ1) is 12.9. The molecule has 2 rings (SSSR count). The van der Waals surface area contributed by atoms with Gasteiger partial charge >= 0.3 is 5.97 Å². The number of nitriles is 1. The Balaban J connectivity index is 2.22. The number of aryl methyl sites for hydroxylation is 2. The van der Waals surface area contributed by atoms with E-state index < -0.39 is 11.9 Å². The molecule has 6 heteroatoms. The number of hydrogen-bond donors (Lipinski definition) is 1. The van der Waals surface area contributed by atoms with Crippen LogP contribution in [0, 0.1) is 25.2 Å². The molecule has 1 N–H and O–H groups in total. The summed E-state index contributed by atoms with van der Waals surface area (Å²) in [6.07, 6.45) is 1.52. The van der Waals surface area contributed by atoms with E-state index in [0.717, 1.165) is 11.1 Å². The van der Waals surface area contributed by atoms with Crippen molar-refractivity contribution in [3.05, 3.63) is 64.7 Å². The molecule has 0 bridgehead atoms. The third-order valence-corrected chi connectivity index (χ3v) is 3.75. The lowest BCUT2D eigenvalue weighted by Crippen LogP contribution is -2.14. The van der Waals surface area contributed by atoms with E-state index in [1.54, 1.807) is 36.4 Å². The molecular weight excluding hydrogens is 344 g/mol. The zero-order valence-corrected chi connectivity index (χ0v) is 15.4. The van der Waals surface area contributed by atoms with Crippen LogP contribution in [0.3, 0.4) is 0 Å². The van der Waals surface area contributed by atoms with E-state index in [2.05, 4.69) is 10.1 Å². The maximum Gasteiger partial charge on any atom is 0.343 e. The Bertz CT molecular complexity index is 889. The van der Waals surface area contributed by atoms with Crippen LogP contribution in [0.1, 0.15) is 16.7 Å². The molecule has 0 spiro atoms. The maximum atomic E-state index is 12.3. The molecule has 0 aliphatic carbocycles. The molecule has 0 heterocycles. The molecule has 0 aromatic heterocycles. The van der Waals surface area contributed by atoms with Crippen molar-refractivity contribution in [1.82, 2.24) is 0 Å². The number of hydrogen-bond acceptors (Lipinski definition) is 5. The standard InChI is InChI=1S/C21H20N2O4/c1-14-9-16(10-15(2)20(14)27-13-19(24)26-3)11-17(12-22)21(25)23-18-7-5-4-6-8-18/h4-11H,13H2,1-3H3,(H,23,25). The van der Waals surface area contributed by atoms with Gasteiger partial charge in [0, 0.05) is 5.69 Å². The molecule has 138 valence electrons. The predicted molar refractivity (Wildman–Crippen MR) is 102 cm³/mol. The Hall–Kier alpha value is -3.59. The van der Waals surface area contributed by atoms with Gasteiger partial charge in [-0.1, -0.05) is 18.2 Å². The second-order valence-corrected chi connectivity index (χ2v) is 5.84. The zero-order valence-electron chi connectivity index (χ0n) is 15.4. The third-order valence-electron chi connectivity index (χ3n) is 3.75. The molecule has 2 aromatic carbocycles. The number of rotatable bonds is 6. The Morgan fingerprint density at radius 3 is 2.33 bits per heavy atom. The normalized spacial score (nSPS) is 10.7. The van der Waals surface area contributed by atoms with Crippen molar-refractivity contribution >= 4 is 23.6 Å². The highest BCUT2D eigenvalue weighted by Gasteiger charge is 2.12. The fourth-order valence-corrected chi connectivity index (χ4v) is 2.52. The van der Waals surface area contributed by atoms with Crippen LogP contribution < -0.4 is 10.1 Å². The molecule has 1 amide bonds. The summed E-state index contributed by atoms with van der Waals surface area (Å²) in [5.74, 6) is -0.378. The summed E-state index contributed by atoms with van der Waals surface area (Å²) in [7, 11) is 1.29. The number of methoxy groups -OCH3 is 1. The minimum Gasteiger partial charge on any atom is -0.481 e. The quantitative estimate of drug-likeness (QED) is 0.482. The van der Waals surface area contributed by atoms with Crippen molar-refractivity contribution in [2.45, 2.75) is 13.8 Å². The van der Waals surface area contributed by atoms with Gasteiger partial charge in [-0.3, -0.25) is 4.79 Å². The number of carbonyl (C=O) groups excluding carboxylic acids is 2. The molecular formula is C21H20N2O4. The SMILES string of the molecule is COC(=O)COc1c(C)cc(C=C(C#N)C(=O)Nc2ccccc2)cc1C. The number of anilines is 1. The van der Waals surface area contributed by atoms with Crippen LogP contribution in [0.2, 0.25) is 0 Å². The van der Waals surface area contributed by atoms with Gasteiger partial charge in [-0.15, -0.1) is 0 Å². The van der Waals surface area contributed by atoms with Crippen molar-refractivity contribution in [2.24, 2.45) is 0 Å². The van der Waals surface area contributed by atoms with Gasteiger partial charge < -0.3 is 14.8 Å². The molecule has 0 radical (unpaired) electrons. The van der Waals surface area contributed by atoms with Crippen molar-refractivity contribution in [2.75, 3.05) is 19.0 Å². The van der Waals surface area contributed by atoms with E-state index in [4.69, 9.17) is 4.74 Å². The molecule has 0 aliphatic heterocycles. The number of nitrogens with zero attached hydrogens (tertiary/aromatic N) is 1. The second-order valence-electron chi connectivity index (χ2n) is 5.84. The first-order valence-electron chi connectivity index (χ1n) is 8.23. The highest BCUT2D eigenvalue weighted by molar-refractivity contribution is 6.09. The first kappa shape index (κ1) is 19.7. The lowest BCUT2D eigenvalue weighted by molar-refractivity contribution is -0.142. The number of para-hydroxylation sites is 1. The van der Waals surface area contributed by atoms with Crippen LogP contribution in [-0.4, -0.2) is 25.6 Å². The Morgan fingerprint density at radius 2 is 1.78 bits per heavy atom. The van der Waals surface area contributed by atoms with Crippen LogP contribution >= 0.6 is 0 Å². The number of nitrogens with one attached hydrogen (secondary N) is 1. The van der Waals surface area contributed by atoms with Gasteiger partial charge in [-0.2, -0.15) is 5.26 Å². The molecule has 0 fully saturated rings. The molecule has 0 aliphatic rings. The number of amides is 1. The first-order valence-corrected chi connectivity index (χ1v) is 8.23. The van der Waals surface area contributed by atoms with E-state index in [1.807, 2.05) is 26.0 Å². The van der Waals surface area contributed by atoms with Crippen molar-refractivity contribution in [3.63, 3.8) is 0 Å². The Morgan fingerprint density at radius 1 is 1.15 bits per heavy atom. The van der Waals surface area contributed by atoms with E-state index in [-0.39, 0.29) is 12.2 Å². The molecule has 27 heavy (non-hydrogen) atoms. The monoisotopic (exact) mass is 364 g/mol. The summed E-state index contributed by atoms with van der Waals surface area (Å²) in [4.78, 5) is 23.6. The highest BCUT2D eigenvalue weighted by Crippen LogP contribution is 2.26. The second kappa shape index (κ2) is 9.20. The topological polar surface area (TPSA) is 88.4 Å². The summed E-state index contributed by atoms with van der Waals surface area (Å²) in [5.41, 5.74) is 2.86. The van der Waals surface area contributed by atoms with Crippen molar-refractivity contribution in [1.29, 1.82) is 5.26 Å². The predicted octanol–water partition coefficient (Wildman–Crippen LogP) is 3.40. The average Bonchev–Trinajstić information content (AvgIpc) is 2.65. The minimum absolute atomic E-state index is 0.0131. The molecule has 0 saturated heterocycles. The molecule has 2 aromatic rings. The minimum atomic E-state index is -0.481. The highest BCUT2D eigenvalue weighted by atomic mass is 16.6. The lowest BCUT2D eigenvalue weighted by atomic mass is 10.0.